The highest BCUT2D eigenvalue weighted by Gasteiger charge is 2.43. The molecule has 1 unspecified atom stereocenters. The van der Waals surface area contributed by atoms with Gasteiger partial charge >= 0.3 is 6.03 Å². The van der Waals surface area contributed by atoms with Crippen molar-refractivity contribution in [2.45, 2.75) is 25.8 Å². The van der Waals surface area contributed by atoms with Crippen LogP contribution in [0.2, 0.25) is 0 Å². The van der Waals surface area contributed by atoms with Gasteiger partial charge in [0.15, 0.2) is 0 Å². The Morgan fingerprint density at radius 3 is 2.33 bits per heavy atom. The molecule has 6 heteroatoms. The molecule has 0 aromatic heterocycles. The predicted molar refractivity (Wildman–Crippen MR) is 36.3 cm³/mol. The van der Waals surface area contributed by atoms with E-state index in [1.54, 1.807) is 0 Å². The Morgan fingerprint density at radius 1 is 1.42 bits per heavy atom. The highest BCUT2D eigenvalue weighted by molar-refractivity contribution is 6.02. The minimum absolute atomic E-state index is 0.0691. The summed E-state index contributed by atoms with van der Waals surface area (Å²) in [6.45, 7) is 1.81. The normalized spacial score (nSPS) is 24.1. The monoisotopic (exact) mass is 174 g/mol. The van der Waals surface area contributed by atoms with E-state index in [9.17, 15) is 9.59 Å². The van der Waals surface area contributed by atoms with Gasteiger partial charge in [0.1, 0.15) is 6.04 Å². The molecule has 1 heterocycles. The lowest BCUT2D eigenvalue weighted by atomic mass is 10.2. The second-order valence-corrected chi connectivity index (χ2v) is 2.58. The number of urea groups is 1. The predicted octanol–water partition coefficient (Wildman–Crippen LogP) is 0.198. The maximum absolute atomic E-state index is 11.0. The molecule has 1 saturated heterocycles. The molecular weight excluding hydrogens is 164 g/mol. The standard InChI is InChI=1S/C6H10N2O4/c1-2-3-4-5(9)8(12)6(10)7(4)11/h4,11-12H,2-3H2,1H3. The van der Waals surface area contributed by atoms with E-state index in [2.05, 4.69) is 0 Å². The average molecular weight is 174 g/mol. The van der Waals surface area contributed by atoms with Crippen LogP contribution in [-0.2, 0) is 4.79 Å². The molecule has 0 aliphatic carbocycles. The van der Waals surface area contributed by atoms with Crippen LogP contribution in [0, 0.1) is 0 Å². The van der Waals surface area contributed by atoms with Crippen LogP contribution in [-0.4, -0.2) is 38.5 Å². The van der Waals surface area contributed by atoms with Gasteiger partial charge in [0, 0.05) is 0 Å². The zero-order valence-electron chi connectivity index (χ0n) is 6.60. The number of carbonyl (C=O) groups is 2. The molecule has 0 aromatic carbocycles. The Hall–Kier alpha value is -1.14. The molecule has 1 atom stereocenters. The average Bonchev–Trinajstić information content (AvgIpc) is 2.23. The second kappa shape index (κ2) is 3.08. The maximum Gasteiger partial charge on any atom is 0.375 e. The number of hydroxylamine groups is 4. The van der Waals surface area contributed by atoms with Crippen LogP contribution in [0.15, 0.2) is 0 Å². The number of hydrogen-bond donors (Lipinski definition) is 2. The first-order valence-corrected chi connectivity index (χ1v) is 3.64. The summed E-state index contributed by atoms with van der Waals surface area (Å²) in [6.07, 6.45) is 0.993. The van der Waals surface area contributed by atoms with Gasteiger partial charge in [-0.2, -0.15) is 5.06 Å². The molecule has 0 bridgehead atoms. The first-order chi connectivity index (χ1) is 5.59. The number of nitrogens with zero attached hydrogens (tertiary/aromatic N) is 2. The van der Waals surface area contributed by atoms with E-state index in [-0.39, 0.29) is 10.1 Å². The largest absolute Gasteiger partial charge is 0.375 e. The van der Waals surface area contributed by atoms with Crippen LogP contribution in [0.3, 0.4) is 0 Å². The van der Waals surface area contributed by atoms with Gasteiger partial charge in [-0.05, 0) is 6.42 Å². The fourth-order valence-electron chi connectivity index (χ4n) is 1.09. The quantitative estimate of drug-likeness (QED) is 0.462. The van der Waals surface area contributed by atoms with Crippen molar-refractivity contribution >= 4 is 11.9 Å². The molecule has 6 nitrogen and oxygen atoms in total. The van der Waals surface area contributed by atoms with E-state index in [4.69, 9.17) is 10.4 Å². The third kappa shape index (κ3) is 1.15. The summed E-state index contributed by atoms with van der Waals surface area (Å²) in [5.74, 6) is -0.774. The lowest BCUT2D eigenvalue weighted by molar-refractivity contribution is -0.150. The van der Waals surface area contributed by atoms with Crippen LogP contribution < -0.4 is 0 Å². The third-order valence-corrected chi connectivity index (χ3v) is 1.73. The highest BCUT2D eigenvalue weighted by atomic mass is 16.6. The van der Waals surface area contributed by atoms with E-state index in [0.29, 0.717) is 12.8 Å². The van der Waals surface area contributed by atoms with Crippen molar-refractivity contribution in [2.75, 3.05) is 0 Å². The van der Waals surface area contributed by atoms with E-state index in [1.165, 1.54) is 0 Å². The molecule has 2 N–H and O–H groups in total. The number of imide groups is 1. The summed E-state index contributed by atoms with van der Waals surface area (Å²) in [7, 11) is 0. The second-order valence-electron chi connectivity index (χ2n) is 2.58. The van der Waals surface area contributed by atoms with E-state index >= 15 is 0 Å². The van der Waals surface area contributed by atoms with Gasteiger partial charge in [0.2, 0.25) is 0 Å². The van der Waals surface area contributed by atoms with Crippen molar-refractivity contribution in [3.05, 3.63) is 0 Å². The summed E-state index contributed by atoms with van der Waals surface area (Å²) in [5.41, 5.74) is 0. The Balaban J connectivity index is 2.76. The fraction of sp³-hybridized carbons (Fsp3) is 0.667. The van der Waals surface area contributed by atoms with Crippen molar-refractivity contribution in [3.8, 4) is 0 Å². The van der Waals surface area contributed by atoms with Gasteiger partial charge in [-0.15, -0.1) is 5.06 Å². The van der Waals surface area contributed by atoms with Gasteiger partial charge in [0.05, 0.1) is 0 Å². The third-order valence-electron chi connectivity index (χ3n) is 1.73. The Kier molecular flexibility index (Phi) is 2.30. The lowest BCUT2D eigenvalue weighted by Gasteiger charge is -2.11. The lowest BCUT2D eigenvalue weighted by Crippen LogP contribution is -2.31. The van der Waals surface area contributed by atoms with E-state index in [0.717, 1.165) is 0 Å². The SMILES string of the molecule is CCCC1C(=O)N(O)C(=O)N1O. The van der Waals surface area contributed by atoms with Crippen molar-refractivity contribution < 1.29 is 20.0 Å². The molecule has 1 aliphatic rings. The fourth-order valence-corrected chi connectivity index (χ4v) is 1.09. The molecule has 0 spiro atoms. The minimum atomic E-state index is -1.08. The molecule has 12 heavy (non-hydrogen) atoms. The molecular formula is C6H10N2O4. The summed E-state index contributed by atoms with van der Waals surface area (Å²) in [5, 5.41) is 17.9. The Labute approximate surface area is 68.9 Å². The van der Waals surface area contributed by atoms with Gasteiger partial charge in [-0.3, -0.25) is 15.2 Å². The maximum atomic E-state index is 11.0. The number of rotatable bonds is 2. The Morgan fingerprint density at radius 2 is 2.00 bits per heavy atom. The molecule has 3 amide bonds. The van der Waals surface area contributed by atoms with Crippen LogP contribution >= 0.6 is 0 Å². The van der Waals surface area contributed by atoms with Gasteiger partial charge in [-0.25, -0.2) is 4.79 Å². The first-order valence-electron chi connectivity index (χ1n) is 3.64. The topological polar surface area (TPSA) is 81.1 Å². The van der Waals surface area contributed by atoms with Crippen LogP contribution in [0.4, 0.5) is 4.79 Å². The summed E-state index contributed by atoms with van der Waals surface area (Å²) >= 11 is 0. The molecule has 1 rings (SSSR count). The van der Waals surface area contributed by atoms with E-state index < -0.39 is 18.0 Å². The van der Waals surface area contributed by atoms with Gasteiger partial charge in [0.25, 0.3) is 5.91 Å². The zero-order valence-corrected chi connectivity index (χ0v) is 6.60. The Bertz CT molecular complexity index is 218. The molecule has 0 aromatic rings. The van der Waals surface area contributed by atoms with Crippen molar-refractivity contribution in [3.63, 3.8) is 0 Å². The van der Waals surface area contributed by atoms with E-state index in [1.807, 2.05) is 6.92 Å². The van der Waals surface area contributed by atoms with Gasteiger partial charge in [-0.1, -0.05) is 13.3 Å². The van der Waals surface area contributed by atoms with Crippen molar-refractivity contribution in [1.29, 1.82) is 0 Å². The summed E-state index contributed by atoms with van der Waals surface area (Å²) < 4.78 is 0. The summed E-state index contributed by atoms with van der Waals surface area (Å²) in [6, 6.07) is -2.01. The number of amides is 3. The smallest absolute Gasteiger partial charge is 0.284 e. The number of hydrogen-bond acceptors (Lipinski definition) is 4. The van der Waals surface area contributed by atoms with Crippen molar-refractivity contribution in [2.24, 2.45) is 0 Å². The molecule has 0 radical (unpaired) electrons. The molecule has 0 saturated carbocycles. The van der Waals surface area contributed by atoms with Crippen LogP contribution in [0.5, 0.6) is 0 Å². The summed E-state index contributed by atoms with van der Waals surface area (Å²) in [4.78, 5) is 21.7. The van der Waals surface area contributed by atoms with Crippen LogP contribution in [0.1, 0.15) is 19.8 Å². The van der Waals surface area contributed by atoms with Gasteiger partial charge < -0.3 is 0 Å². The minimum Gasteiger partial charge on any atom is -0.284 e. The number of carbonyl (C=O) groups excluding carboxylic acids is 2. The van der Waals surface area contributed by atoms with Crippen molar-refractivity contribution in [1.82, 2.24) is 10.1 Å². The highest BCUT2D eigenvalue weighted by Crippen LogP contribution is 2.16. The molecule has 1 aliphatic heterocycles. The molecule has 68 valence electrons. The zero-order chi connectivity index (χ0) is 9.30. The van der Waals surface area contributed by atoms with Crippen LogP contribution in [0.25, 0.3) is 0 Å². The first kappa shape index (κ1) is 8.95. The molecule has 1 fully saturated rings.